The largest absolute Gasteiger partial charge is 0.288 e. The van der Waals surface area contributed by atoms with Gasteiger partial charge in [-0.1, -0.05) is 60.0 Å². The van der Waals surface area contributed by atoms with E-state index in [4.69, 9.17) is 23.2 Å². The van der Waals surface area contributed by atoms with E-state index < -0.39 is 0 Å². The average Bonchev–Trinajstić information content (AvgIpc) is 3.01. The molecule has 1 amide bonds. The lowest BCUT2D eigenvalue weighted by Gasteiger charge is -2.20. The quantitative estimate of drug-likeness (QED) is 0.481. The van der Waals surface area contributed by atoms with Crippen LogP contribution in [0.3, 0.4) is 0 Å². The van der Waals surface area contributed by atoms with Gasteiger partial charge in [-0.25, -0.2) is 4.98 Å². The van der Waals surface area contributed by atoms with Crippen LogP contribution in [0.15, 0.2) is 36.4 Å². The monoisotopic (exact) mass is 406 g/mol. The Balaban J connectivity index is 1.92. The smallest absolute Gasteiger partial charge is 0.233 e. The fourth-order valence-corrected chi connectivity index (χ4v) is 4.36. The van der Waals surface area contributed by atoms with Gasteiger partial charge in [-0.15, -0.1) is 0 Å². The van der Waals surface area contributed by atoms with Crippen LogP contribution in [0.25, 0.3) is 10.2 Å². The number of benzene rings is 2. The lowest BCUT2D eigenvalue weighted by Crippen LogP contribution is -2.33. The number of rotatable bonds is 6. The summed E-state index contributed by atoms with van der Waals surface area (Å²) in [4.78, 5) is 19.5. The molecule has 3 rings (SSSR count). The number of carbonyl (C=O) groups is 1. The van der Waals surface area contributed by atoms with Gasteiger partial charge in [0.05, 0.1) is 16.6 Å². The van der Waals surface area contributed by atoms with E-state index in [2.05, 4.69) is 24.9 Å². The van der Waals surface area contributed by atoms with Crippen molar-refractivity contribution in [3.05, 3.63) is 57.6 Å². The van der Waals surface area contributed by atoms with Gasteiger partial charge in [-0.3, -0.25) is 9.69 Å². The second-order valence-electron chi connectivity index (χ2n) is 6.24. The number of carbonyl (C=O) groups excluding carboxylic acids is 1. The molecule has 0 saturated heterocycles. The molecule has 0 atom stereocenters. The maximum Gasteiger partial charge on any atom is 0.233 e. The molecule has 0 aliphatic carbocycles. The number of fused-ring (bicyclic) bond motifs is 1. The van der Waals surface area contributed by atoms with Gasteiger partial charge in [0.1, 0.15) is 0 Å². The number of thiazole rings is 1. The fraction of sp³-hybridized carbons (Fsp3) is 0.300. The number of aromatic nitrogens is 1. The molecule has 1 heterocycles. The highest BCUT2D eigenvalue weighted by atomic mass is 35.5. The molecule has 2 aromatic carbocycles. The molecule has 0 bridgehead atoms. The number of unbranched alkanes of at least 4 members (excludes halogenated alkanes) is 1. The van der Waals surface area contributed by atoms with Gasteiger partial charge in [0.25, 0.3) is 0 Å². The first-order chi connectivity index (χ1) is 12.5. The summed E-state index contributed by atoms with van der Waals surface area (Å²) < 4.78 is 1.09. The van der Waals surface area contributed by atoms with Crippen LogP contribution in [0.2, 0.25) is 10.0 Å². The second-order valence-corrected chi connectivity index (χ2v) is 8.07. The summed E-state index contributed by atoms with van der Waals surface area (Å²) in [6.45, 7) is 4.80. The first-order valence-electron chi connectivity index (χ1n) is 8.60. The van der Waals surface area contributed by atoms with E-state index in [1.807, 2.05) is 12.1 Å². The minimum absolute atomic E-state index is 0.0378. The molecule has 0 N–H and O–H groups in total. The standard InChI is InChI=1S/C20H20Cl2N2OS/c1-3-4-10-24(19(25)12-14-15(21)6-5-7-16(14)22)20-23-17-9-8-13(2)11-18(17)26-20/h5-9,11H,3-4,10,12H2,1-2H3. The van der Waals surface area contributed by atoms with Crippen LogP contribution in [0.1, 0.15) is 30.9 Å². The van der Waals surface area contributed by atoms with Gasteiger partial charge in [-0.05, 0) is 48.7 Å². The third-order valence-electron chi connectivity index (χ3n) is 4.19. The highest BCUT2D eigenvalue weighted by Crippen LogP contribution is 2.31. The summed E-state index contributed by atoms with van der Waals surface area (Å²) in [5.41, 5.74) is 2.77. The maximum absolute atomic E-state index is 13.0. The normalized spacial score (nSPS) is 11.1. The van der Waals surface area contributed by atoms with Crippen molar-refractivity contribution in [2.45, 2.75) is 33.1 Å². The Morgan fingerprint density at radius 2 is 1.92 bits per heavy atom. The molecular weight excluding hydrogens is 387 g/mol. The first kappa shape index (κ1) is 19.2. The highest BCUT2D eigenvalue weighted by Gasteiger charge is 2.21. The third-order valence-corrected chi connectivity index (χ3v) is 5.94. The summed E-state index contributed by atoms with van der Waals surface area (Å²) in [6, 6.07) is 11.4. The summed E-state index contributed by atoms with van der Waals surface area (Å²) in [6.07, 6.45) is 2.08. The van der Waals surface area contributed by atoms with Gasteiger partial charge >= 0.3 is 0 Å². The number of aryl methyl sites for hydroxylation is 1. The molecule has 0 aliphatic heterocycles. The van der Waals surface area contributed by atoms with Crippen LogP contribution in [0.4, 0.5) is 5.13 Å². The number of amides is 1. The van der Waals surface area contributed by atoms with Crippen LogP contribution in [-0.2, 0) is 11.2 Å². The van der Waals surface area contributed by atoms with Crippen molar-refractivity contribution in [1.82, 2.24) is 4.98 Å². The van der Waals surface area contributed by atoms with Crippen molar-refractivity contribution in [2.75, 3.05) is 11.4 Å². The first-order valence-corrected chi connectivity index (χ1v) is 10.2. The fourth-order valence-electron chi connectivity index (χ4n) is 2.73. The molecule has 0 fully saturated rings. The number of hydrogen-bond donors (Lipinski definition) is 0. The summed E-state index contributed by atoms with van der Waals surface area (Å²) in [5, 5.41) is 1.76. The molecule has 0 saturated carbocycles. The van der Waals surface area contributed by atoms with Crippen molar-refractivity contribution in [1.29, 1.82) is 0 Å². The molecule has 0 spiro atoms. The van der Waals surface area contributed by atoms with E-state index >= 15 is 0 Å². The zero-order valence-electron chi connectivity index (χ0n) is 14.8. The molecule has 3 aromatic rings. The van der Waals surface area contributed by atoms with E-state index in [1.54, 1.807) is 34.4 Å². The molecule has 3 nitrogen and oxygen atoms in total. The Morgan fingerprint density at radius 1 is 1.19 bits per heavy atom. The molecule has 0 unspecified atom stereocenters. The van der Waals surface area contributed by atoms with Gasteiger partial charge in [0, 0.05) is 16.6 Å². The molecule has 0 aliphatic rings. The SMILES string of the molecule is CCCCN(C(=O)Cc1c(Cl)cccc1Cl)c1nc2ccc(C)cc2s1. The van der Waals surface area contributed by atoms with Crippen LogP contribution in [-0.4, -0.2) is 17.4 Å². The molecule has 0 radical (unpaired) electrons. The maximum atomic E-state index is 13.0. The summed E-state index contributed by atoms with van der Waals surface area (Å²) in [5.74, 6) is -0.0378. The van der Waals surface area contributed by atoms with E-state index in [1.165, 1.54) is 5.56 Å². The van der Waals surface area contributed by atoms with Crippen LogP contribution in [0, 0.1) is 6.92 Å². The zero-order chi connectivity index (χ0) is 18.7. The number of halogens is 2. The van der Waals surface area contributed by atoms with Crippen molar-refractivity contribution < 1.29 is 4.79 Å². The van der Waals surface area contributed by atoms with E-state index in [0.717, 1.165) is 28.2 Å². The predicted molar refractivity (Wildman–Crippen MR) is 112 cm³/mol. The van der Waals surface area contributed by atoms with Gasteiger partial charge in [0.15, 0.2) is 5.13 Å². The molecule has 136 valence electrons. The molecule has 26 heavy (non-hydrogen) atoms. The summed E-state index contributed by atoms with van der Waals surface area (Å²) >= 11 is 14.0. The van der Waals surface area contributed by atoms with Crippen LogP contribution in [0.5, 0.6) is 0 Å². The van der Waals surface area contributed by atoms with E-state index in [0.29, 0.717) is 22.2 Å². The minimum atomic E-state index is -0.0378. The number of hydrogen-bond acceptors (Lipinski definition) is 3. The van der Waals surface area contributed by atoms with Crippen molar-refractivity contribution >= 4 is 55.8 Å². The Bertz CT molecular complexity index is 918. The number of anilines is 1. The lowest BCUT2D eigenvalue weighted by molar-refractivity contribution is -0.118. The Morgan fingerprint density at radius 3 is 2.62 bits per heavy atom. The molecule has 6 heteroatoms. The van der Waals surface area contributed by atoms with Gasteiger partial charge in [0.2, 0.25) is 5.91 Å². The van der Waals surface area contributed by atoms with Crippen molar-refractivity contribution in [3.8, 4) is 0 Å². The van der Waals surface area contributed by atoms with Crippen molar-refractivity contribution in [2.24, 2.45) is 0 Å². The topological polar surface area (TPSA) is 33.2 Å². The average molecular weight is 407 g/mol. The second kappa shape index (κ2) is 8.38. The predicted octanol–water partition coefficient (Wildman–Crippen LogP) is 6.29. The zero-order valence-corrected chi connectivity index (χ0v) is 17.1. The van der Waals surface area contributed by atoms with Crippen molar-refractivity contribution in [3.63, 3.8) is 0 Å². The molecule has 1 aromatic heterocycles. The third kappa shape index (κ3) is 4.20. The van der Waals surface area contributed by atoms with E-state index in [-0.39, 0.29) is 12.3 Å². The Labute approximate surface area is 167 Å². The lowest BCUT2D eigenvalue weighted by atomic mass is 10.1. The van der Waals surface area contributed by atoms with Crippen LogP contribution >= 0.6 is 34.5 Å². The highest BCUT2D eigenvalue weighted by molar-refractivity contribution is 7.22. The Hall–Kier alpha value is -1.62. The molecular formula is C20H20Cl2N2OS. The van der Waals surface area contributed by atoms with Gasteiger partial charge < -0.3 is 0 Å². The Kier molecular flexibility index (Phi) is 6.17. The van der Waals surface area contributed by atoms with Gasteiger partial charge in [-0.2, -0.15) is 0 Å². The minimum Gasteiger partial charge on any atom is -0.288 e. The van der Waals surface area contributed by atoms with Crippen LogP contribution < -0.4 is 4.90 Å². The number of nitrogens with zero attached hydrogens (tertiary/aromatic N) is 2. The van der Waals surface area contributed by atoms with E-state index in [9.17, 15) is 4.79 Å². The summed E-state index contributed by atoms with van der Waals surface area (Å²) in [7, 11) is 0.